The number of carbonyl (C=O) groups is 2. The lowest BCUT2D eigenvalue weighted by Crippen LogP contribution is -2.51. The molecule has 1 N–H and O–H groups in total. The molecule has 4 heteroatoms. The van der Waals surface area contributed by atoms with Gasteiger partial charge in [0.15, 0.2) is 5.78 Å². The largest absolute Gasteiger partial charge is 0.458 e. The maximum absolute atomic E-state index is 13.0. The van der Waals surface area contributed by atoms with E-state index in [0.29, 0.717) is 23.7 Å². The summed E-state index contributed by atoms with van der Waals surface area (Å²) in [7, 11) is 0. The van der Waals surface area contributed by atoms with Crippen molar-refractivity contribution in [1.82, 2.24) is 0 Å². The van der Waals surface area contributed by atoms with Crippen LogP contribution >= 0.6 is 0 Å². The summed E-state index contributed by atoms with van der Waals surface area (Å²) in [5, 5.41) is 10.2. The number of allylic oxidation sites excluding steroid dienone is 1. The molecule has 4 aliphatic rings. The summed E-state index contributed by atoms with van der Waals surface area (Å²) >= 11 is 0. The minimum absolute atomic E-state index is 0.00385. The Morgan fingerprint density at radius 3 is 2.68 bits per heavy atom. The number of fused-ring (bicyclic) bond motifs is 5. The van der Waals surface area contributed by atoms with Crippen molar-refractivity contribution >= 4 is 11.8 Å². The third-order valence-corrected chi connectivity index (χ3v) is 9.19. The molecule has 0 saturated heterocycles. The Morgan fingerprint density at radius 1 is 1.21 bits per heavy atom. The number of esters is 1. The quantitative estimate of drug-likeness (QED) is 0.578. The molecular formula is C24H36O4. The first-order valence-electron chi connectivity index (χ1n) is 11.2. The maximum Gasteiger partial charge on any atom is 0.303 e. The van der Waals surface area contributed by atoms with Gasteiger partial charge in [-0.2, -0.15) is 0 Å². The summed E-state index contributed by atoms with van der Waals surface area (Å²) in [5.74, 6) is 1.97. The second-order valence-corrected chi connectivity index (χ2v) is 10.6. The second-order valence-electron chi connectivity index (χ2n) is 10.6. The Balaban J connectivity index is 1.59. The molecular weight excluding hydrogens is 352 g/mol. The zero-order valence-electron chi connectivity index (χ0n) is 17.9. The van der Waals surface area contributed by atoms with E-state index < -0.39 is 0 Å². The molecule has 28 heavy (non-hydrogen) atoms. The molecule has 0 heterocycles. The summed E-state index contributed by atoms with van der Waals surface area (Å²) in [6.45, 7) is 8.29. The van der Waals surface area contributed by atoms with E-state index in [4.69, 9.17) is 4.74 Å². The van der Waals surface area contributed by atoms with Crippen LogP contribution in [-0.2, 0) is 14.3 Å². The van der Waals surface area contributed by atoms with Crippen LogP contribution in [0, 0.1) is 40.4 Å². The summed E-state index contributed by atoms with van der Waals surface area (Å²) < 4.78 is 5.07. The molecule has 0 aromatic carbocycles. The first-order chi connectivity index (χ1) is 13.2. The van der Waals surface area contributed by atoms with E-state index in [2.05, 4.69) is 26.8 Å². The normalized spacial score (nSPS) is 47.4. The second kappa shape index (κ2) is 6.97. The smallest absolute Gasteiger partial charge is 0.303 e. The van der Waals surface area contributed by atoms with Crippen LogP contribution in [0.25, 0.3) is 0 Å². The van der Waals surface area contributed by atoms with Crippen molar-refractivity contribution in [1.29, 1.82) is 0 Å². The average Bonchev–Trinajstić information content (AvgIpc) is 2.90. The average molecular weight is 389 g/mol. The van der Waals surface area contributed by atoms with Crippen LogP contribution < -0.4 is 0 Å². The SMILES string of the molecule is CC(=O)OCC(=O)[C@H]1[C@H](C)CC2C3CC=C4CC(O)CC[C@]4(C)C3CC[C@@]21C. The van der Waals surface area contributed by atoms with E-state index in [9.17, 15) is 14.7 Å². The number of aliphatic hydroxyl groups is 1. The van der Waals surface area contributed by atoms with Gasteiger partial charge in [0.05, 0.1) is 6.10 Å². The number of carbonyl (C=O) groups excluding carboxylic acids is 2. The van der Waals surface area contributed by atoms with Gasteiger partial charge in [-0.05, 0) is 79.4 Å². The summed E-state index contributed by atoms with van der Waals surface area (Å²) in [6.07, 6.45) is 9.59. The summed E-state index contributed by atoms with van der Waals surface area (Å²) in [4.78, 5) is 24.2. The number of hydrogen-bond donors (Lipinski definition) is 1. The van der Waals surface area contributed by atoms with Crippen molar-refractivity contribution in [3.8, 4) is 0 Å². The van der Waals surface area contributed by atoms with Crippen LogP contribution in [0.1, 0.15) is 72.6 Å². The molecule has 0 spiro atoms. The van der Waals surface area contributed by atoms with E-state index in [1.807, 2.05) is 0 Å². The number of aliphatic hydroxyl groups excluding tert-OH is 1. The Morgan fingerprint density at radius 2 is 1.96 bits per heavy atom. The van der Waals surface area contributed by atoms with Crippen molar-refractivity contribution in [2.75, 3.05) is 6.61 Å². The zero-order chi connectivity index (χ0) is 20.3. The van der Waals surface area contributed by atoms with Crippen LogP contribution in [0.4, 0.5) is 0 Å². The Bertz CT molecular complexity index is 697. The van der Waals surface area contributed by atoms with Gasteiger partial charge in [-0.3, -0.25) is 9.59 Å². The molecule has 0 aliphatic heterocycles. The van der Waals surface area contributed by atoms with E-state index in [1.165, 1.54) is 18.9 Å². The first kappa shape index (κ1) is 20.1. The van der Waals surface area contributed by atoms with E-state index in [0.717, 1.165) is 38.5 Å². The molecule has 0 radical (unpaired) electrons. The third kappa shape index (κ3) is 2.98. The molecule has 0 aromatic heterocycles. The van der Waals surface area contributed by atoms with Gasteiger partial charge in [-0.15, -0.1) is 0 Å². The van der Waals surface area contributed by atoms with Gasteiger partial charge in [0.2, 0.25) is 0 Å². The number of Topliss-reactive ketones (excluding diaryl/α,β-unsaturated/α-hetero) is 1. The van der Waals surface area contributed by atoms with Crippen molar-refractivity contribution in [2.24, 2.45) is 40.4 Å². The summed E-state index contributed by atoms with van der Waals surface area (Å²) in [5.41, 5.74) is 1.74. The van der Waals surface area contributed by atoms with Crippen molar-refractivity contribution < 1.29 is 19.4 Å². The molecule has 0 amide bonds. The van der Waals surface area contributed by atoms with Crippen molar-refractivity contribution in [3.05, 3.63) is 11.6 Å². The maximum atomic E-state index is 13.0. The number of hydrogen-bond acceptors (Lipinski definition) is 4. The minimum atomic E-state index is -0.373. The Labute approximate surface area is 169 Å². The highest BCUT2D eigenvalue weighted by Gasteiger charge is 2.61. The fourth-order valence-corrected chi connectivity index (χ4v) is 7.95. The Hall–Kier alpha value is -1.16. The van der Waals surface area contributed by atoms with E-state index >= 15 is 0 Å². The van der Waals surface area contributed by atoms with Crippen molar-refractivity contribution in [2.45, 2.75) is 78.7 Å². The van der Waals surface area contributed by atoms with Gasteiger partial charge in [0.25, 0.3) is 0 Å². The van der Waals surface area contributed by atoms with Gasteiger partial charge < -0.3 is 9.84 Å². The summed E-state index contributed by atoms with van der Waals surface area (Å²) in [6, 6.07) is 0. The highest BCUT2D eigenvalue weighted by Crippen LogP contribution is 2.67. The highest BCUT2D eigenvalue weighted by molar-refractivity contribution is 5.85. The van der Waals surface area contributed by atoms with E-state index in [1.54, 1.807) is 0 Å². The predicted molar refractivity (Wildman–Crippen MR) is 107 cm³/mol. The molecule has 3 saturated carbocycles. The van der Waals surface area contributed by atoms with Gasteiger partial charge >= 0.3 is 5.97 Å². The molecule has 0 aromatic rings. The van der Waals surface area contributed by atoms with Crippen LogP contribution in [0.5, 0.6) is 0 Å². The van der Waals surface area contributed by atoms with Gasteiger partial charge in [0, 0.05) is 12.8 Å². The van der Waals surface area contributed by atoms with Gasteiger partial charge in [-0.1, -0.05) is 32.4 Å². The minimum Gasteiger partial charge on any atom is -0.458 e. The Kier molecular flexibility index (Phi) is 5.01. The molecule has 4 nitrogen and oxygen atoms in total. The lowest BCUT2D eigenvalue weighted by Gasteiger charge is -2.57. The van der Waals surface area contributed by atoms with Crippen LogP contribution in [-0.4, -0.2) is 29.6 Å². The molecule has 8 atom stereocenters. The van der Waals surface area contributed by atoms with Crippen LogP contribution in [0.2, 0.25) is 0 Å². The zero-order valence-corrected chi connectivity index (χ0v) is 17.9. The van der Waals surface area contributed by atoms with Crippen molar-refractivity contribution in [3.63, 3.8) is 0 Å². The molecule has 4 unspecified atom stereocenters. The predicted octanol–water partition coefficient (Wildman–Crippen LogP) is 4.30. The lowest BCUT2D eigenvalue weighted by atomic mass is 9.47. The third-order valence-electron chi connectivity index (χ3n) is 9.19. The first-order valence-corrected chi connectivity index (χ1v) is 11.2. The standard InChI is InChI=1S/C24H36O4/c1-14-11-20-18-6-5-16-12-17(26)7-9-23(16,3)19(18)8-10-24(20,4)22(14)21(27)13-28-15(2)25/h5,14,17-20,22,26H,6-13H2,1-4H3/t14-,17?,18?,19?,20?,22-,23+,24+/m1/s1. The molecule has 3 fully saturated rings. The number of ether oxygens (including phenoxy) is 1. The molecule has 4 rings (SSSR count). The van der Waals surface area contributed by atoms with Crippen LogP contribution in [0.15, 0.2) is 11.6 Å². The van der Waals surface area contributed by atoms with Gasteiger partial charge in [-0.25, -0.2) is 0 Å². The number of rotatable bonds is 3. The lowest BCUT2D eigenvalue weighted by molar-refractivity contribution is -0.149. The monoisotopic (exact) mass is 388 g/mol. The fraction of sp³-hybridized carbons (Fsp3) is 0.833. The highest BCUT2D eigenvalue weighted by atomic mass is 16.5. The molecule has 156 valence electrons. The topological polar surface area (TPSA) is 63.6 Å². The van der Waals surface area contributed by atoms with E-state index in [-0.39, 0.29) is 41.2 Å². The molecule has 0 bridgehead atoms. The van der Waals surface area contributed by atoms with Gasteiger partial charge in [0.1, 0.15) is 6.61 Å². The number of ketones is 1. The van der Waals surface area contributed by atoms with Crippen LogP contribution in [0.3, 0.4) is 0 Å². The fourth-order valence-electron chi connectivity index (χ4n) is 7.95. The molecule has 4 aliphatic carbocycles.